The van der Waals surface area contributed by atoms with E-state index in [1.165, 1.54) is 219 Å². The topological polar surface area (TPSA) is 86.7 Å². The molecule has 0 fully saturated rings. The predicted octanol–water partition coefficient (Wildman–Crippen LogP) is 13.2. The first-order chi connectivity index (χ1) is 24.7. The first kappa shape index (κ1) is 52.4. The van der Waals surface area contributed by atoms with Crippen molar-refractivity contribution in [2.75, 3.05) is 40.4 Å². The van der Waals surface area contributed by atoms with Crippen molar-refractivity contribution in [3.05, 3.63) is 24.3 Å². The molecule has 1 N–H and O–H groups in total. The van der Waals surface area contributed by atoms with Crippen molar-refractivity contribution in [1.82, 2.24) is 0 Å². The lowest BCUT2D eigenvalue weighted by atomic mass is 10.1. The highest BCUT2D eigenvalue weighted by Crippen LogP contribution is 2.15. The Morgan fingerprint density at radius 2 is 0.706 bits per heavy atom. The van der Waals surface area contributed by atoms with E-state index in [9.17, 15) is 18.1 Å². The fourth-order valence-corrected chi connectivity index (χ4v) is 6.77. The number of rotatable bonds is 39. The van der Waals surface area contributed by atoms with Crippen LogP contribution in [0.1, 0.15) is 219 Å². The SMILES string of the molecule is CCCCCCCCCCC=CCCCCCCCC[N+](C)(CCO)CCCCCCCCC=CCCCCCCCCCC.COS(=O)(=O)[O-]. The maximum Gasteiger partial charge on any atom is 0.217 e. The Kier molecular flexibility index (Phi) is 43.2. The van der Waals surface area contributed by atoms with E-state index in [2.05, 4.69) is 49.4 Å². The molecule has 0 rings (SSSR count). The van der Waals surface area contributed by atoms with Gasteiger partial charge in [0, 0.05) is 0 Å². The Morgan fingerprint density at radius 3 is 0.941 bits per heavy atom. The molecule has 0 unspecified atom stereocenters. The predicted molar refractivity (Wildman–Crippen MR) is 222 cm³/mol. The zero-order valence-electron chi connectivity index (χ0n) is 34.7. The summed E-state index contributed by atoms with van der Waals surface area (Å²) in [7, 11) is -1.22. The molecule has 0 saturated carbocycles. The quantitative estimate of drug-likeness (QED) is 0.0223. The van der Waals surface area contributed by atoms with E-state index in [4.69, 9.17) is 0 Å². The lowest BCUT2D eigenvalue weighted by Crippen LogP contribution is -2.47. The molecule has 0 atom stereocenters. The number of likely N-dealkylation sites (N-methyl/N-ethyl adjacent to an activating group) is 1. The number of allylic oxidation sites excluding steroid dienone is 4. The zero-order chi connectivity index (χ0) is 38.0. The molecule has 0 aliphatic heterocycles. The Hall–Kier alpha value is -0.730. The molecule has 7 heteroatoms. The van der Waals surface area contributed by atoms with Crippen molar-refractivity contribution in [2.24, 2.45) is 0 Å². The van der Waals surface area contributed by atoms with E-state index in [1.54, 1.807) is 0 Å². The summed E-state index contributed by atoms with van der Waals surface area (Å²) in [6.45, 7) is 8.34. The van der Waals surface area contributed by atoms with E-state index in [0.717, 1.165) is 18.1 Å². The van der Waals surface area contributed by atoms with Gasteiger partial charge in [-0.3, -0.25) is 4.18 Å². The van der Waals surface area contributed by atoms with Crippen molar-refractivity contribution in [3.8, 4) is 0 Å². The third-order valence-electron chi connectivity index (χ3n) is 10.3. The highest BCUT2D eigenvalue weighted by Gasteiger charge is 2.19. The molecule has 306 valence electrons. The van der Waals surface area contributed by atoms with Crippen LogP contribution in [-0.2, 0) is 14.6 Å². The molecule has 0 spiro atoms. The molecule has 0 amide bonds. The van der Waals surface area contributed by atoms with Crippen LogP contribution in [-0.4, -0.2) is 63.0 Å². The fraction of sp³-hybridized carbons (Fsp3) is 0.909. The van der Waals surface area contributed by atoms with Crippen LogP contribution in [0.3, 0.4) is 0 Å². The van der Waals surface area contributed by atoms with Crippen molar-refractivity contribution in [3.63, 3.8) is 0 Å². The largest absolute Gasteiger partial charge is 0.726 e. The van der Waals surface area contributed by atoms with Crippen LogP contribution in [0.2, 0.25) is 0 Å². The third kappa shape index (κ3) is 47.2. The van der Waals surface area contributed by atoms with Gasteiger partial charge in [-0.05, 0) is 77.0 Å². The van der Waals surface area contributed by atoms with Crippen LogP contribution in [0.5, 0.6) is 0 Å². The van der Waals surface area contributed by atoms with E-state index in [-0.39, 0.29) is 0 Å². The smallest absolute Gasteiger partial charge is 0.217 e. The zero-order valence-corrected chi connectivity index (χ0v) is 35.5. The highest BCUT2D eigenvalue weighted by molar-refractivity contribution is 7.80. The van der Waals surface area contributed by atoms with Gasteiger partial charge in [0.2, 0.25) is 10.4 Å². The summed E-state index contributed by atoms with van der Waals surface area (Å²) in [6.07, 6.45) is 54.0. The normalized spacial score (nSPS) is 13.2. The molecule has 0 aliphatic carbocycles. The van der Waals surface area contributed by atoms with Gasteiger partial charge < -0.3 is 14.1 Å². The van der Waals surface area contributed by atoms with E-state index in [0.29, 0.717) is 6.61 Å². The molecule has 51 heavy (non-hydrogen) atoms. The maximum atomic E-state index is 9.68. The van der Waals surface area contributed by atoms with Crippen molar-refractivity contribution >= 4 is 10.4 Å². The van der Waals surface area contributed by atoms with Gasteiger partial charge in [-0.1, -0.05) is 167 Å². The molecular weight excluding hydrogens is 655 g/mol. The minimum Gasteiger partial charge on any atom is -0.726 e. The summed E-state index contributed by atoms with van der Waals surface area (Å²) >= 11 is 0. The average Bonchev–Trinajstić information content (AvgIpc) is 3.10. The van der Waals surface area contributed by atoms with Gasteiger partial charge in [0.1, 0.15) is 6.54 Å². The van der Waals surface area contributed by atoms with Gasteiger partial charge in [-0.25, -0.2) is 8.42 Å². The van der Waals surface area contributed by atoms with Gasteiger partial charge in [-0.15, -0.1) is 0 Å². The van der Waals surface area contributed by atoms with E-state index in [1.807, 2.05) is 0 Å². The number of hydrogen-bond acceptors (Lipinski definition) is 5. The second-order valence-corrected chi connectivity index (χ2v) is 16.5. The van der Waals surface area contributed by atoms with Crippen LogP contribution in [0, 0.1) is 0 Å². The number of nitrogens with zero attached hydrogens (tertiary/aromatic N) is 1. The molecule has 0 aromatic heterocycles. The summed E-state index contributed by atoms with van der Waals surface area (Å²) in [6, 6.07) is 0. The summed E-state index contributed by atoms with van der Waals surface area (Å²) in [4.78, 5) is 0. The van der Waals surface area contributed by atoms with Gasteiger partial charge in [-0.2, -0.15) is 0 Å². The van der Waals surface area contributed by atoms with Gasteiger partial charge in [0.15, 0.2) is 0 Å². The van der Waals surface area contributed by atoms with Gasteiger partial charge in [0.05, 0.1) is 33.9 Å². The molecular formula is C44H89NO5S. The standard InChI is InChI=1S/C43H86NO.CH4O4S/c1-4-6-8-10-12-14-16-18-20-22-24-26-28-30-32-34-36-38-40-44(3,42-43-45)41-39-37-35-33-31-29-27-25-23-21-19-17-15-13-11-9-7-5-2;1-5-6(2,3)4/h22-25,45H,4-21,26-43H2,1-3H3;1H3,(H,2,3,4)/q+1;/p-1. The number of aliphatic hydroxyl groups excluding tert-OH is 1. The van der Waals surface area contributed by atoms with Crippen molar-refractivity contribution < 1.29 is 26.7 Å². The Morgan fingerprint density at radius 1 is 0.471 bits per heavy atom. The number of unbranched alkanes of at least 4 members (excludes halogenated alkanes) is 28. The lowest BCUT2D eigenvalue weighted by Gasteiger charge is -2.34. The molecule has 0 aliphatic rings. The summed E-state index contributed by atoms with van der Waals surface area (Å²) in [5.74, 6) is 0. The molecule has 0 aromatic rings. The van der Waals surface area contributed by atoms with Crippen molar-refractivity contribution in [2.45, 2.75) is 219 Å². The molecule has 6 nitrogen and oxygen atoms in total. The maximum absolute atomic E-state index is 9.68. The monoisotopic (exact) mass is 744 g/mol. The summed E-state index contributed by atoms with van der Waals surface area (Å²) in [5.41, 5.74) is 0. The molecule has 0 bridgehead atoms. The Balaban J connectivity index is 0. The highest BCUT2D eigenvalue weighted by atomic mass is 32.3. The number of aliphatic hydroxyl groups is 1. The number of quaternary nitrogens is 1. The Bertz CT molecular complexity index is 783. The van der Waals surface area contributed by atoms with E-state index >= 15 is 0 Å². The average molecular weight is 744 g/mol. The molecule has 0 radical (unpaired) electrons. The first-order valence-corrected chi connectivity index (χ1v) is 23.3. The minimum atomic E-state index is -4.41. The van der Waals surface area contributed by atoms with Gasteiger partial charge in [0.25, 0.3) is 0 Å². The second kappa shape index (κ2) is 42.0. The number of hydrogen-bond donors (Lipinski definition) is 1. The summed E-state index contributed by atoms with van der Waals surface area (Å²) < 4.78 is 32.1. The van der Waals surface area contributed by atoms with Crippen LogP contribution in [0.15, 0.2) is 24.3 Å². The summed E-state index contributed by atoms with van der Waals surface area (Å²) in [5, 5.41) is 9.68. The van der Waals surface area contributed by atoms with Crippen LogP contribution in [0.25, 0.3) is 0 Å². The molecule has 0 saturated heterocycles. The van der Waals surface area contributed by atoms with Gasteiger partial charge >= 0.3 is 0 Å². The lowest BCUT2D eigenvalue weighted by molar-refractivity contribution is -0.910. The minimum absolute atomic E-state index is 0.329. The molecule has 0 heterocycles. The Labute approximate surface area is 320 Å². The van der Waals surface area contributed by atoms with Crippen LogP contribution >= 0.6 is 0 Å². The second-order valence-electron chi connectivity index (χ2n) is 15.4. The fourth-order valence-electron chi connectivity index (χ4n) is 6.77. The van der Waals surface area contributed by atoms with E-state index < -0.39 is 10.4 Å². The molecule has 0 aromatic carbocycles. The first-order valence-electron chi connectivity index (χ1n) is 22.0. The van der Waals surface area contributed by atoms with Crippen LogP contribution in [0.4, 0.5) is 0 Å². The van der Waals surface area contributed by atoms with Crippen LogP contribution < -0.4 is 0 Å². The van der Waals surface area contributed by atoms with Crippen molar-refractivity contribution in [1.29, 1.82) is 0 Å². The third-order valence-corrected chi connectivity index (χ3v) is 10.7.